The molecule has 1 aliphatic carbocycles. The van der Waals surface area contributed by atoms with Crippen molar-refractivity contribution in [1.82, 2.24) is 24.6 Å². The lowest BCUT2D eigenvalue weighted by atomic mass is 10.1. The van der Waals surface area contributed by atoms with Crippen LogP contribution in [0.1, 0.15) is 78.3 Å². The Bertz CT molecular complexity index is 1290. The Morgan fingerprint density at radius 1 is 1.06 bits per heavy atom. The number of hydrogen-bond acceptors (Lipinski definition) is 4. The third-order valence-electron chi connectivity index (χ3n) is 6.49. The fraction of sp³-hybridized carbons (Fsp3) is 0.357. The highest BCUT2D eigenvalue weighted by atomic mass is 16.2. The monoisotopic (exact) mass is 453 g/mol. The van der Waals surface area contributed by atoms with Gasteiger partial charge in [0.15, 0.2) is 5.65 Å². The molecule has 0 radical (unpaired) electrons. The molecular formula is C28H31N5O. The second-order valence-electron chi connectivity index (χ2n) is 9.48. The molecule has 1 aliphatic rings. The molecule has 0 bridgehead atoms. The van der Waals surface area contributed by atoms with Gasteiger partial charge in [0.2, 0.25) is 0 Å². The summed E-state index contributed by atoms with van der Waals surface area (Å²) in [7, 11) is 0. The largest absolute Gasteiger partial charge is 0.330 e. The van der Waals surface area contributed by atoms with E-state index >= 15 is 0 Å². The number of rotatable bonds is 8. The van der Waals surface area contributed by atoms with Crippen LogP contribution in [0.2, 0.25) is 0 Å². The zero-order chi connectivity index (χ0) is 23.7. The van der Waals surface area contributed by atoms with Gasteiger partial charge in [0.1, 0.15) is 0 Å². The van der Waals surface area contributed by atoms with Crippen molar-refractivity contribution in [2.45, 2.75) is 65.1 Å². The summed E-state index contributed by atoms with van der Waals surface area (Å²) in [4.78, 5) is 25.2. The van der Waals surface area contributed by atoms with Crippen LogP contribution in [0.4, 0.5) is 0 Å². The summed E-state index contributed by atoms with van der Waals surface area (Å²) in [6.07, 6.45) is 8.64. The topological polar surface area (TPSA) is 63.9 Å². The van der Waals surface area contributed by atoms with Gasteiger partial charge in [0.05, 0.1) is 17.1 Å². The summed E-state index contributed by atoms with van der Waals surface area (Å²) >= 11 is 0. The molecule has 0 spiro atoms. The van der Waals surface area contributed by atoms with Crippen molar-refractivity contribution < 1.29 is 4.79 Å². The van der Waals surface area contributed by atoms with Gasteiger partial charge in [-0.3, -0.25) is 9.78 Å². The zero-order valence-corrected chi connectivity index (χ0v) is 20.1. The molecule has 1 aromatic carbocycles. The highest BCUT2D eigenvalue weighted by Crippen LogP contribution is 2.40. The number of nitrogens with zero attached hydrogens (tertiary/aromatic N) is 5. The molecule has 1 saturated carbocycles. The lowest BCUT2D eigenvalue weighted by molar-refractivity contribution is 0.0731. The molecule has 0 unspecified atom stereocenters. The minimum atomic E-state index is 0.000951. The Morgan fingerprint density at radius 2 is 1.79 bits per heavy atom. The predicted molar refractivity (Wildman–Crippen MR) is 134 cm³/mol. The van der Waals surface area contributed by atoms with E-state index in [0.29, 0.717) is 24.6 Å². The lowest BCUT2D eigenvalue weighted by Crippen LogP contribution is -2.30. The second kappa shape index (κ2) is 9.37. The number of pyridine rings is 2. The van der Waals surface area contributed by atoms with Crippen molar-refractivity contribution in [2.75, 3.05) is 0 Å². The van der Waals surface area contributed by atoms with Crippen LogP contribution in [0, 0.1) is 0 Å². The van der Waals surface area contributed by atoms with Crippen molar-refractivity contribution in [3.8, 4) is 0 Å². The minimum Gasteiger partial charge on any atom is -0.330 e. The van der Waals surface area contributed by atoms with Crippen LogP contribution in [0.3, 0.4) is 0 Å². The number of amides is 1. The van der Waals surface area contributed by atoms with Gasteiger partial charge >= 0.3 is 0 Å². The van der Waals surface area contributed by atoms with Crippen molar-refractivity contribution in [2.24, 2.45) is 0 Å². The Balaban J connectivity index is 1.55. The SMILES string of the molecule is CCc1ccc(CN(Cc2cccnc2)C(=O)c2cc(C3CC3)nc3c2cnn3C(C)C)cc1. The van der Waals surface area contributed by atoms with Crippen molar-refractivity contribution >= 4 is 16.9 Å². The molecule has 0 saturated heterocycles. The van der Waals surface area contributed by atoms with Crippen LogP contribution < -0.4 is 0 Å². The first kappa shape index (κ1) is 22.3. The highest BCUT2D eigenvalue weighted by molar-refractivity contribution is 6.05. The van der Waals surface area contributed by atoms with E-state index in [2.05, 4.69) is 55.1 Å². The van der Waals surface area contributed by atoms with Crippen molar-refractivity contribution in [3.63, 3.8) is 0 Å². The van der Waals surface area contributed by atoms with Crippen LogP contribution in [-0.4, -0.2) is 30.6 Å². The van der Waals surface area contributed by atoms with Crippen LogP contribution in [0.15, 0.2) is 61.1 Å². The number of aryl methyl sites for hydroxylation is 1. The molecule has 4 aromatic rings. The number of carbonyl (C=O) groups is 1. The maximum absolute atomic E-state index is 14.1. The van der Waals surface area contributed by atoms with E-state index in [1.165, 1.54) is 5.56 Å². The Kier molecular flexibility index (Phi) is 6.14. The van der Waals surface area contributed by atoms with Gasteiger partial charge < -0.3 is 4.90 Å². The van der Waals surface area contributed by atoms with Gasteiger partial charge in [0, 0.05) is 43.1 Å². The molecule has 3 heterocycles. The first-order valence-corrected chi connectivity index (χ1v) is 12.2. The molecule has 0 atom stereocenters. The summed E-state index contributed by atoms with van der Waals surface area (Å²) in [5, 5.41) is 5.40. The first-order chi connectivity index (χ1) is 16.5. The summed E-state index contributed by atoms with van der Waals surface area (Å²) in [6.45, 7) is 7.35. The molecule has 3 aromatic heterocycles. The van der Waals surface area contributed by atoms with E-state index in [1.54, 1.807) is 12.4 Å². The number of carbonyl (C=O) groups excluding carboxylic acids is 1. The highest BCUT2D eigenvalue weighted by Gasteiger charge is 2.29. The summed E-state index contributed by atoms with van der Waals surface area (Å²) < 4.78 is 1.92. The summed E-state index contributed by atoms with van der Waals surface area (Å²) in [5.74, 6) is 0.445. The van der Waals surface area contributed by atoms with Crippen molar-refractivity contribution in [3.05, 3.63) is 89.0 Å². The standard InChI is InChI=1S/C28H31N5O/c1-4-20-7-9-21(10-8-20)17-32(18-22-6-5-13-29-15-22)28(34)24-14-26(23-11-12-23)31-27-25(24)16-30-33(27)19(2)3/h5-10,13-16,19,23H,4,11-12,17-18H2,1-3H3. The van der Waals surface area contributed by atoms with Gasteiger partial charge in [0.25, 0.3) is 5.91 Å². The second-order valence-corrected chi connectivity index (χ2v) is 9.48. The van der Waals surface area contributed by atoms with Gasteiger partial charge in [-0.1, -0.05) is 37.3 Å². The maximum atomic E-state index is 14.1. The molecule has 5 rings (SSSR count). The average Bonchev–Trinajstić information content (AvgIpc) is 3.62. The van der Waals surface area contributed by atoms with Crippen LogP contribution in [-0.2, 0) is 19.5 Å². The minimum absolute atomic E-state index is 0.000951. The number of aromatic nitrogens is 4. The maximum Gasteiger partial charge on any atom is 0.255 e. The Morgan fingerprint density at radius 3 is 2.44 bits per heavy atom. The average molecular weight is 454 g/mol. The molecule has 1 amide bonds. The molecule has 34 heavy (non-hydrogen) atoms. The van der Waals surface area contributed by atoms with E-state index in [-0.39, 0.29) is 11.9 Å². The third-order valence-corrected chi connectivity index (χ3v) is 6.49. The van der Waals surface area contributed by atoms with Gasteiger partial charge in [-0.2, -0.15) is 5.10 Å². The molecule has 6 nitrogen and oxygen atoms in total. The fourth-order valence-corrected chi connectivity index (χ4v) is 4.36. The van der Waals surface area contributed by atoms with E-state index < -0.39 is 0 Å². The number of fused-ring (bicyclic) bond motifs is 1. The molecule has 1 fully saturated rings. The molecule has 174 valence electrons. The van der Waals surface area contributed by atoms with E-state index in [1.807, 2.05) is 34.0 Å². The molecule has 0 aliphatic heterocycles. The normalized spacial score (nSPS) is 13.5. The van der Waals surface area contributed by atoms with Gasteiger partial charge in [-0.25, -0.2) is 9.67 Å². The lowest BCUT2D eigenvalue weighted by Gasteiger charge is -2.24. The molecule has 6 heteroatoms. The molecular weight excluding hydrogens is 422 g/mol. The number of benzene rings is 1. The van der Waals surface area contributed by atoms with Crippen molar-refractivity contribution in [1.29, 1.82) is 0 Å². The quantitative estimate of drug-likeness (QED) is 0.344. The summed E-state index contributed by atoms with van der Waals surface area (Å²) in [6, 6.07) is 14.6. The number of hydrogen-bond donors (Lipinski definition) is 0. The fourth-order valence-electron chi connectivity index (χ4n) is 4.36. The summed E-state index contributed by atoms with van der Waals surface area (Å²) in [5.41, 5.74) is 5.91. The Hall–Kier alpha value is -3.54. The van der Waals surface area contributed by atoms with Crippen LogP contribution in [0.5, 0.6) is 0 Å². The smallest absolute Gasteiger partial charge is 0.255 e. The third kappa shape index (κ3) is 4.58. The van der Waals surface area contributed by atoms with Crippen LogP contribution >= 0.6 is 0 Å². The van der Waals surface area contributed by atoms with E-state index in [0.717, 1.165) is 47.1 Å². The van der Waals surface area contributed by atoms with Gasteiger partial charge in [-0.15, -0.1) is 0 Å². The Labute approximate surface area is 200 Å². The molecule has 0 N–H and O–H groups in total. The van der Waals surface area contributed by atoms with Gasteiger partial charge in [-0.05, 0) is 61.9 Å². The zero-order valence-electron chi connectivity index (χ0n) is 20.1. The van der Waals surface area contributed by atoms with E-state index in [9.17, 15) is 4.79 Å². The van der Waals surface area contributed by atoms with Crippen LogP contribution in [0.25, 0.3) is 11.0 Å². The predicted octanol–water partition coefficient (Wildman–Crippen LogP) is 5.69. The first-order valence-electron chi connectivity index (χ1n) is 12.2. The van der Waals surface area contributed by atoms with E-state index in [4.69, 9.17) is 4.98 Å².